The van der Waals surface area contributed by atoms with E-state index in [1.165, 1.54) is 0 Å². The van der Waals surface area contributed by atoms with Crippen molar-refractivity contribution in [2.45, 2.75) is 43.9 Å². The van der Waals surface area contributed by atoms with Crippen LogP contribution in [0.5, 0.6) is 0 Å². The molecular formula is C12H22N2O3S. The molecule has 1 aliphatic carbocycles. The molecule has 0 aromatic rings. The summed E-state index contributed by atoms with van der Waals surface area (Å²) in [5.41, 5.74) is 5.82. The number of hydrogen-bond acceptors (Lipinski definition) is 4. The zero-order chi connectivity index (χ0) is 13.6. The zero-order valence-electron chi connectivity index (χ0n) is 11.1. The van der Waals surface area contributed by atoms with Gasteiger partial charge < -0.3 is 10.6 Å². The van der Waals surface area contributed by atoms with E-state index in [9.17, 15) is 13.2 Å². The molecule has 2 N–H and O–H groups in total. The lowest BCUT2D eigenvalue weighted by molar-refractivity contribution is -0.135. The van der Waals surface area contributed by atoms with Crippen LogP contribution >= 0.6 is 0 Å². The molecule has 0 spiro atoms. The molecule has 0 aromatic heterocycles. The number of hydrogen-bond donors (Lipinski definition) is 1. The van der Waals surface area contributed by atoms with Gasteiger partial charge in [0, 0.05) is 25.0 Å². The van der Waals surface area contributed by atoms with Gasteiger partial charge in [-0.2, -0.15) is 0 Å². The fraction of sp³-hybridized carbons (Fsp3) is 0.917. The molecule has 1 saturated carbocycles. The second-order valence-electron chi connectivity index (χ2n) is 6.11. The summed E-state index contributed by atoms with van der Waals surface area (Å²) in [5.74, 6) is 0.160. The standard InChI is InChI=1S/C12H22N2O3S/c1-12(2)8-14(5-6-18(12,16)17)11(15)9-3-4-10(13)7-9/h9-10H,3-8,13H2,1-2H3. The number of carbonyl (C=O) groups excluding carboxylic acids is 1. The predicted molar refractivity (Wildman–Crippen MR) is 69.8 cm³/mol. The molecule has 6 heteroatoms. The number of sulfone groups is 1. The van der Waals surface area contributed by atoms with Gasteiger partial charge in [-0.25, -0.2) is 8.42 Å². The molecule has 0 radical (unpaired) electrons. The van der Waals surface area contributed by atoms with E-state index in [2.05, 4.69) is 0 Å². The molecule has 104 valence electrons. The highest BCUT2D eigenvalue weighted by molar-refractivity contribution is 7.92. The van der Waals surface area contributed by atoms with Crippen molar-refractivity contribution < 1.29 is 13.2 Å². The number of nitrogens with zero attached hydrogens (tertiary/aromatic N) is 1. The van der Waals surface area contributed by atoms with Crippen molar-refractivity contribution in [2.24, 2.45) is 11.7 Å². The third-order valence-electron chi connectivity index (χ3n) is 4.18. The maximum Gasteiger partial charge on any atom is 0.225 e. The summed E-state index contributed by atoms with van der Waals surface area (Å²) in [4.78, 5) is 14.0. The van der Waals surface area contributed by atoms with Crippen LogP contribution < -0.4 is 5.73 Å². The Kier molecular flexibility index (Phi) is 3.44. The van der Waals surface area contributed by atoms with Crippen LogP contribution in [0.25, 0.3) is 0 Å². The summed E-state index contributed by atoms with van der Waals surface area (Å²) in [5, 5.41) is 0. The van der Waals surface area contributed by atoms with Gasteiger partial charge in [0.15, 0.2) is 9.84 Å². The monoisotopic (exact) mass is 274 g/mol. The Balaban J connectivity index is 2.06. The van der Waals surface area contributed by atoms with Crippen molar-refractivity contribution in [3.05, 3.63) is 0 Å². The Morgan fingerprint density at radius 1 is 1.33 bits per heavy atom. The van der Waals surface area contributed by atoms with Crippen LogP contribution in [0.3, 0.4) is 0 Å². The molecule has 1 amide bonds. The fourth-order valence-electron chi connectivity index (χ4n) is 2.83. The highest BCUT2D eigenvalue weighted by atomic mass is 32.2. The average molecular weight is 274 g/mol. The van der Waals surface area contributed by atoms with Crippen molar-refractivity contribution in [3.63, 3.8) is 0 Å². The van der Waals surface area contributed by atoms with E-state index < -0.39 is 14.6 Å². The average Bonchev–Trinajstić information content (AvgIpc) is 2.68. The Bertz CT molecular complexity index is 444. The second-order valence-corrected chi connectivity index (χ2v) is 8.85. The summed E-state index contributed by atoms with van der Waals surface area (Å²) in [7, 11) is -3.08. The van der Waals surface area contributed by atoms with Crippen LogP contribution in [0.15, 0.2) is 0 Å². The van der Waals surface area contributed by atoms with E-state index in [1.807, 2.05) is 0 Å². The largest absolute Gasteiger partial charge is 0.340 e. The van der Waals surface area contributed by atoms with Crippen molar-refractivity contribution in [1.29, 1.82) is 0 Å². The van der Waals surface area contributed by atoms with E-state index in [-0.39, 0.29) is 23.6 Å². The summed E-state index contributed by atoms with van der Waals surface area (Å²) in [6.07, 6.45) is 2.47. The SMILES string of the molecule is CC1(C)CN(C(=O)C2CCC(N)C2)CCS1(=O)=O. The van der Waals surface area contributed by atoms with Crippen molar-refractivity contribution >= 4 is 15.7 Å². The number of nitrogens with two attached hydrogens (primary N) is 1. The number of rotatable bonds is 1. The van der Waals surface area contributed by atoms with E-state index in [4.69, 9.17) is 5.73 Å². The van der Waals surface area contributed by atoms with E-state index in [0.29, 0.717) is 13.1 Å². The van der Waals surface area contributed by atoms with Crippen molar-refractivity contribution in [2.75, 3.05) is 18.8 Å². The lowest BCUT2D eigenvalue weighted by Crippen LogP contribution is -2.55. The molecule has 2 fully saturated rings. The molecule has 18 heavy (non-hydrogen) atoms. The first-order valence-corrected chi connectivity index (χ1v) is 8.15. The van der Waals surface area contributed by atoms with E-state index >= 15 is 0 Å². The topological polar surface area (TPSA) is 80.5 Å². The first kappa shape index (κ1) is 13.8. The Morgan fingerprint density at radius 2 is 2.00 bits per heavy atom. The quantitative estimate of drug-likeness (QED) is 0.738. The Morgan fingerprint density at radius 3 is 2.50 bits per heavy atom. The third kappa shape index (κ3) is 2.40. The second kappa shape index (κ2) is 4.49. The Hall–Kier alpha value is -0.620. The van der Waals surface area contributed by atoms with Crippen molar-refractivity contribution in [3.8, 4) is 0 Å². The van der Waals surface area contributed by atoms with Crippen LogP contribution in [-0.2, 0) is 14.6 Å². The molecule has 1 aliphatic heterocycles. The molecule has 5 nitrogen and oxygen atoms in total. The molecule has 0 bridgehead atoms. The van der Waals surface area contributed by atoms with Crippen LogP contribution in [0, 0.1) is 5.92 Å². The molecule has 0 aromatic carbocycles. The van der Waals surface area contributed by atoms with Crippen LogP contribution in [0.4, 0.5) is 0 Å². The van der Waals surface area contributed by atoms with E-state index in [1.54, 1.807) is 18.7 Å². The molecule has 1 saturated heterocycles. The van der Waals surface area contributed by atoms with Crippen molar-refractivity contribution in [1.82, 2.24) is 4.90 Å². The summed E-state index contributed by atoms with van der Waals surface area (Å²) >= 11 is 0. The van der Waals surface area contributed by atoms with Gasteiger partial charge in [-0.05, 0) is 33.1 Å². The minimum absolute atomic E-state index is 0.00314. The van der Waals surface area contributed by atoms with E-state index in [0.717, 1.165) is 19.3 Å². The summed E-state index contributed by atoms with van der Waals surface area (Å²) < 4.78 is 22.9. The highest BCUT2D eigenvalue weighted by Crippen LogP contribution is 2.29. The minimum Gasteiger partial charge on any atom is -0.340 e. The number of amides is 1. The third-order valence-corrected chi connectivity index (χ3v) is 6.71. The summed E-state index contributed by atoms with van der Waals surface area (Å²) in [6.45, 7) is 4.03. The molecule has 2 unspecified atom stereocenters. The molecular weight excluding hydrogens is 252 g/mol. The molecule has 2 rings (SSSR count). The smallest absolute Gasteiger partial charge is 0.225 e. The van der Waals surface area contributed by atoms with Gasteiger partial charge in [-0.15, -0.1) is 0 Å². The molecule has 1 heterocycles. The maximum atomic E-state index is 12.3. The minimum atomic E-state index is -3.08. The lowest BCUT2D eigenvalue weighted by atomic mass is 10.0. The lowest BCUT2D eigenvalue weighted by Gasteiger charge is -2.38. The summed E-state index contributed by atoms with van der Waals surface area (Å²) in [6, 6.07) is 0.125. The van der Waals surface area contributed by atoms with Crippen LogP contribution in [0.2, 0.25) is 0 Å². The van der Waals surface area contributed by atoms with Gasteiger partial charge in [-0.3, -0.25) is 4.79 Å². The molecule has 2 atom stereocenters. The predicted octanol–water partition coefficient (Wildman–Crippen LogP) is 0.149. The van der Waals surface area contributed by atoms with Crippen LogP contribution in [0.1, 0.15) is 33.1 Å². The zero-order valence-corrected chi connectivity index (χ0v) is 11.9. The van der Waals surface area contributed by atoms with Gasteiger partial charge in [0.2, 0.25) is 5.91 Å². The van der Waals surface area contributed by atoms with Gasteiger partial charge in [0.1, 0.15) is 0 Å². The molecule has 2 aliphatic rings. The fourth-order valence-corrected chi connectivity index (χ4v) is 4.20. The van der Waals surface area contributed by atoms with Gasteiger partial charge >= 0.3 is 0 Å². The highest BCUT2D eigenvalue weighted by Gasteiger charge is 2.43. The Labute approximate surface area is 109 Å². The van der Waals surface area contributed by atoms with Gasteiger partial charge in [0.25, 0.3) is 0 Å². The normalized spacial score (nSPS) is 34.5. The van der Waals surface area contributed by atoms with Gasteiger partial charge in [-0.1, -0.05) is 0 Å². The maximum absolute atomic E-state index is 12.3. The van der Waals surface area contributed by atoms with Crippen LogP contribution in [-0.4, -0.2) is 48.9 Å². The van der Waals surface area contributed by atoms with Gasteiger partial charge in [0.05, 0.1) is 10.5 Å². The number of carbonyl (C=O) groups is 1. The first-order chi connectivity index (χ1) is 8.23. The first-order valence-electron chi connectivity index (χ1n) is 6.49.